The van der Waals surface area contributed by atoms with E-state index in [0.29, 0.717) is 5.88 Å². The zero-order valence-electron chi connectivity index (χ0n) is 12.9. The first kappa shape index (κ1) is 15.5. The van der Waals surface area contributed by atoms with Crippen LogP contribution in [0.25, 0.3) is 0 Å². The quantitative estimate of drug-likeness (QED) is 0.772. The Morgan fingerprint density at radius 2 is 1.90 bits per heavy atom. The molecule has 0 amide bonds. The first-order valence-electron chi connectivity index (χ1n) is 7.60. The van der Waals surface area contributed by atoms with Crippen molar-refractivity contribution < 1.29 is 4.21 Å². The van der Waals surface area contributed by atoms with Crippen LogP contribution in [0.2, 0.25) is 0 Å². The Bertz CT molecular complexity index is 470. The van der Waals surface area contributed by atoms with E-state index < -0.39 is 10.8 Å². The van der Waals surface area contributed by atoms with E-state index in [-0.39, 0.29) is 0 Å². The normalized spacial score (nSPS) is 17.8. The molecule has 112 valence electrons. The Kier molecular flexibility index (Phi) is 5.61. The lowest BCUT2D eigenvalue weighted by Crippen LogP contribution is -2.27. The van der Waals surface area contributed by atoms with Gasteiger partial charge in [-0.05, 0) is 50.0 Å². The monoisotopic (exact) mass is 294 g/mol. The van der Waals surface area contributed by atoms with Crippen LogP contribution in [0.15, 0.2) is 23.1 Å². The molecule has 2 rings (SSSR count). The average Bonchev–Trinajstić information content (AvgIpc) is 2.72. The van der Waals surface area contributed by atoms with Crippen LogP contribution in [0.3, 0.4) is 0 Å². The second-order valence-corrected chi connectivity index (χ2v) is 6.96. The van der Waals surface area contributed by atoms with Crippen LogP contribution in [-0.4, -0.2) is 41.7 Å². The number of nitrogens with zero attached hydrogens (tertiary/aromatic N) is 2. The third-order valence-electron chi connectivity index (χ3n) is 3.79. The van der Waals surface area contributed by atoms with Crippen molar-refractivity contribution in [3.63, 3.8) is 0 Å². The molecule has 1 atom stereocenters. The topological polar surface area (TPSA) is 23.6 Å². The number of rotatable bonds is 7. The van der Waals surface area contributed by atoms with Crippen molar-refractivity contribution >= 4 is 16.5 Å². The van der Waals surface area contributed by atoms with Crippen LogP contribution >= 0.6 is 0 Å². The van der Waals surface area contributed by atoms with E-state index in [2.05, 4.69) is 41.8 Å². The van der Waals surface area contributed by atoms with E-state index in [1.54, 1.807) is 0 Å². The van der Waals surface area contributed by atoms with Gasteiger partial charge in [-0.25, -0.2) is 0 Å². The van der Waals surface area contributed by atoms with Crippen LogP contribution in [0.1, 0.15) is 32.3 Å². The number of hydrogen-bond donors (Lipinski definition) is 0. The summed E-state index contributed by atoms with van der Waals surface area (Å²) in [6.07, 6.45) is 3.46. The minimum Gasteiger partial charge on any atom is -0.361 e. The molecule has 0 saturated heterocycles. The van der Waals surface area contributed by atoms with Crippen molar-refractivity contribution in [1.29, 1.82) is 0 Å². The predicted molar refractivity (Wildman–Crippen MR) is 86.8 cm³/mol. The minimum atomic E-state index is -0.847. The van der Waals surface area contributed by atoms with Gasteiger partial charge in [0.15, 0.2) is 0 Å². The molecule has 0 fully saturated rings. The van der Waals surface area contributed by atoms with E-state index in [1.807, 2.05) is 7.05 Å². The van der Waals surface area contributed by atoms with E-state index in [0.717, 1.165) is 23.5 Å². The number of benzene rings is 1. The molecular formula is C16H26N2OS. The molecule has 1 heterocycles. The average molecular weight is 294 g/mol. The van der Waals surface area contributed by atoms with Gasteiger partial charge >= 0.3 is 0 Å². The van der Waals surface area contributed by atoms with Crippen LogP contribution in [0.4, 0.5) is 5.69 Å². The summed E-state index contributed by atoms with van der Waals surface area (Å²) in [5, 5.41) is 0. The van der Waals surface area contributed by atoms with Gasteiger partial charge in [0.1, 0.15) is 0 Å². The van der Waals surface area contributed by atoms with E-state index in [9.17, 15) is 4.21 Å². The van der Waals surface area contributed by atoms with Gasteiger partial charge in [-0.1, -0.05) is 19.9 Å². The van der Waals surface area contributed by atoms with Crippen molar-refractivity contribution in [1.82, 2.24) is 4.90 Å². The van der Waals surface area contributed by atoms with Crippen molar-refractivity contribution in [3.05, 3.63) is 23.8 Å². The summed E-state index contributed by atoms with van der Waals surface area (Å²) in [7, 11) is 1.16. The molecule has 20 heavy (non-hydrogen) atoms. The number of hydrogen-bond acceptors (Lipinski definition) is 3. The maximum Gasteiger partial charge on any atom is 0.0982 e. The third-order valence-corrected chi connectivity index (χ3v) is 5.23. The standard InChI is InChI=1S/C16H26N2OS/c1-4-9-18(10-5-2)11-8-14-6-7-15-16(12-14)20(19)13-17(15)3/h6-7,12H,4-5,8-11,13H2,1-3H3. The van der Waals surface area contributed by atoms with E-state index in [1.165, 1.54) is 31.5 Å². The Balaban J connectivity index is 2.00. The molecule has 1 aliphatic heterocycles. The fraction of sp³-hybridized carbons (Fsp3) is 0.625. The highest BCUT2D eigenvalue weighted by Gasteiger charge is 2.22. The first-order chi connectivity index (χ1) is 9.65. The summed E-state index contributed by atoms with van der Waals surface area (Å²) in [6, 6.07) is 6.46. The molecule has 1 aromatic carbocycles. The summed E-state index contributed by atoms with van der Waals surface area (Å²) >= 11 is 0. The molecule has 0 saturated carbocycles. The predicted octanol–water partition coefficient (Wildman–Crippen LogP) is 2.87. The van der Waals surface area contributed by atoms with Gasteiger partial charge in [-0.3, -0.25) is 4.21 Å². The van der Waals surface area contributed by atoms with Gasteiger partial charge in [-0.2, -0.15) is 0 Å². The van der Waals surface area contributed by atoms with Gasteiger partial charge in [-0.15, -0.1) is 0 Å². The van der Waals surface area contributed by atoms with Gasteiger partial charge in [0.2, 0.25) is 0 Å². The Morgan fingerprint density at radius 1 is 1.20 bits per heavy atom. The Morgan fingerprint density at radius 3 is 2.55 bits per heavy atom. The molecule has 1 aliphatic rings. The van der Waals surface area contributed by atoms with Crippen LogP contribution in [0.5, 0.6) is 0 Å². The fourth-order valence-corrected chi connectivity index (χ4v) is 4.15. The highest BCUT2D eigenvalue weighted by Crippen LogP contribution is 2.30. The maximum absolute atomic E-state index is 12.0. The summed E-state index contributed by atoms with van der Waals surface area (Å²) < 4.78 is 12.0. The largest absolute Gasteiger partial charge is 0.361 e. The molecule has 0 aromatic heterocycles. The molecule has 0 N–H and O–H groups in total. The fourth-order valence-electron chi connectivity index (χ4n) is 2.78. The molecular weight excluding hydrogens is 268 g/mol. The van der Waals surface area contributed by atoms with E-state index >= 15 is 0 Å². The SMILES string of the molecule is CCCN(CCC)CCc1ccc2c(c1)S(=O)CN2C. The number of fused-ring (bicyclic) bond motifs is 1. The van der Waals surface area contributed by atoms with Crippen molar-refractivity contribution in [2.24, 2.45) is 0 Å². The second kappa shape index (κ2) is 7.23. The summed E-state index contributed by atoms with van der Waals surface area (Å²) in [5.74, 6) is 0.635. The minimum absolute atomic E-state index is 0.635. The molecule has 1 unspecified atom stereocenters. The molecule has 4 heteroatoms. The third kappa shape index (κ3) is 3.61. The maximum atomic E-state index is 12.0. The van der Waals surface area contributed by atoms with E-state index in [4.69, 9.17) is 0 Å². The van der Waals surface area contributed by atoms with Crippen molar-refractivity contribution in [3.8, 4) is 0 Å². The Labute approximate surface area is 125 Å². The van der Waals surface area contributed by atoms with Crippen LogP contribution < -0.4 is 4.90 Å². The molecule has 3 nitrogen and oxygen atoms in total. The van der Waals surface area contributed by atoms with Gasteiger partial charge in [0.25, 0.3) is 0 Å². The molecule has 1 aromatic rings. The highest BCUT2D eigenvalue weighted by molar-refractivity contribution is 7.85. The zero-order valence-corrected chi connectivity index (χ0v) is 13.7. The molecule has 0 spiro atoms. The summed E-state index contributed by atoms with van der Waals surface area (Å²) in [6.45, 7) is 7.91. The lowest BCUT2D eigenvalue weighted by atomic mass is 10.1. The van der Waals surface area contributed by atoms with Gasteiger partial charge in [0.05, 0.1) is 27.3 Å². The van der Waals surface area contributed by atoms with Gasteiger partial charge in [0, 0.05) is 13.6 Å². The second-order valence-electron chi connectivity index (χ2n) is 5.57. The molecule has 0 bridgehead atoms. The smallest absolute Gasteiger partial charge is 0.0982 e. The zero-order chi connectivity index (χ0) is 14.5. The van der Waals surface area contributed by atoms with Crippen molar-refractivity contribution in [2.75, 3.05) is 37.5 Å². The molecule has 0 aliphatic carbocycles. The summed E-state index contributed by atoms with van der Waals surface area (Å²) in [4.78, 5) is 5.62. The summed E-state index contributed by atoms with van der Waals surface area (Å²) in [5.41, 5.74) is 2.44. The Hall–Kier alpha value is -0.870. The lowest BCUT2D eigenvalue weighted by Gasteiger charge is -2.21. The van der Waals surface area contributed by atoms with Gasteiger partial charge < -0.3 is 9.80 Å². The highest BCUT2D eigenvalue weighted by atomic mass is 32.2. The lowest BCUT2D eigenvalue weighted by molar-refractivity contribution is 0.278. The van der Waals surface area contributed by atoms with Crippen LogP contribution in [0, 0.1) is 0 Å². The molecule has 0 radical (unpaired) electrons. The van der Waals surface area contributed by atoms with Crippen LogP contribution in [-0.2, 0) is 17.2 Å². The first-order valence-corrected chi connectivity index (χ1v) is 8.92. The number of anilines is 1. The van der Waals surface area contributed by atoms with Crippen molar-refractivity contribution in [2.45, 2.75) is 38.0 Å².